The Hall–Kier alpha value is -1.67. The van der Waals surface area contributed by atoms with Gasteiger partial charge in [0.1, 0.15) is 0 Å². The van der Waals surface area contributed by atoms with Crippen LogP contribution >= 0.6 is 24.0 Å². The quantitative estimate of drug-likeness (QED) is 0.368. The van der Waals surface area contributed by atoms with Crippen LogP contribution in [0.15, 0.2) is 53.7 Å². The summed E-state index contributed by atoms with van der Waals surface area (Å²) in [5, 5.41) is 6.60. The minimum atomic E-state index is -0.241. The number of halogens is 1. The molecule has 1 aromatic heterocycles. The van der Waals surface area contributed by atoms with Gasteiger partial charge in [-0.25, -0.2) is 4.99 Å². The average molecular weight is 468 g/mol. The van der Waals surface area contributed by atoms with Gasteiger partial charge in [0.05, 0.1) is 17.8 Å². The maximum Gasteiger partial charge on any atom is 0.191 e. The Balaban J connectivity index is 0.00000338. The zero-order valence-corrected chi connectivity index (χ0v) is 18.3. The van der Waals surface area contributed by atoms with Gasteiger partial charge in [-0.15, -0.1) is 24.0 Å². The standard InChI is InChI=1S/C20H28N4O.HI/c1-5-21-19(24-15-20(2,3)25-4)23-14-16-9-8-10-17(13-16)18-11-6-7-12-22-18;/h6-13H,5,14-15H2,1-4H3,(H2,21,23,24);1H. The van der Waals surface area contributed by atoms with E-state index in [1.165, 1.54) is 0 Å². The first-order valence-corrected chi connectivity index (χ1v) is 8.62. The smallest absolute Gasteiger partial charge is 0.191 e. The second-order valence-electron chi connectivity index (χ2n) is 6.43. The molecule has 1 aromatic carbocycles. The Morgan fingerprint density at radius 1 is 1.15 bits per heavy atom. The lowest BCUT2D eigenvalue weighted by molar-refractivity contribution is 0.0268. The predicted molar refractivity (Wildman–Crippen MR) is 119 cm³/mol. The van der Waals surface area contributed by atoms with Crippen molar-refractivity contribution in [1.82, 2.24) is 15.6 Å². The predicted octanol–water partition coefficient (Wildman–Crippen LogP) is 3.85. The van der Waals surface area contributed by atoms with Crippen molar-refractivity contribution in [3.05, 3.63) is 54.2 Å². The largest absolute Gasteiger partial charge is 0.377 e. The fraction of sp³-hybridized carbons (Fsp3) is 0.400. The number of hydrogen-bond donors (Lipinski definition) is 2. The first-order valence-electron chi connectivity index (χ1n) is 8.62. The minimum Gasteiger partial charge on any atom is -0.377 e. The summed E-state index contributed by atoms with van der Waals surface area (Å²) >= 11 is 0. The van der Waals surface area contributed by atoms with Crippen LogP contribution in [0.2, 0.25) is 0 Å². The highest BCUT2D eigenvalue weighted by atomic mass is 127. The van der Waals surface area contributed by atoms with Crippen molar-refractivity contribution in [2.75, 3.05) is 20.2 Å². The molecule has 0 saturated heterocycles. The Bertz CT molecular complexity index is 689. The number of methoxy groups -OCH3 is 1. The summed E-state index contributed by atoms with van der Waals surface area (Å²) in [4.78, 5) is 9.08. The van der Waals surface area contributed by atoms with E-state index in [0.717, 1.165) is 29.3 Å². The van der Waals surface area contributed by atoms with E-state index in [2.05, 4.69) is 45.7 Å². The number of nitrogens with one attached hydrogen (secondary N) is 2. The molecular weight excluding hydrogens is 439 g/mol. The third-order valence-corrected chi connectivity index (χ3v) is 3.89. The van der Waals surface area contributed by atoms with Crippen molar-refractivity contribution in [1.29, 1.82) is 0 Å². The highest BCUT2D eigenvalue weighted by molar-refractivity contribution is 14.0. The molecule has 0 unspecified atom stereocenters. The van der Waals surface area contributed by atoms with Crippen LogP contribution in [0.25, 0.3) is 11.3 Å². The maximum absolute atomic E-state index is 5.44. The van der Waals surface area contributed by atoms with Crippen molar-refractivity contribution in [2.24, 2.45) is 4.99 Å². The van der Waals surface area contributed by atoms with Crippen molar-refractivity contribution in [3.63, 3.8) is 0 Å². The summed E-state index contributed by atoms with van der Waals surface area (Å²) < 4.78 is 5.44. The van der Waals surface area contributed by atoms with Gasteiger partial charge in [0, 0.05) is 32.0 Å². The van der Waals surface area contributed by atoms with Gasteiger partial charge >= 0.3 is 0 Å². The molecule has 0 radical (unpaired) electrons. The summed E-state index contributed by atoms with van der Waals surface area (Å²) in [6.07, 6.45) is 1.81. The highest BCUT2D eigenvalue weighted by Gasteiger charge is 2.16. The molecule has 26 heavy (non-hydrogen) atoms. The number of hydrogen-bond acceptors (Lipinski definition) is 3. The van der Waals surface area contributed by atoms with Crippen LogP contribution in [-0.2, 0) is 11.3 Å². The third kappa shape index (κ3) is 7.29. The number of benzene rings is 1. The summed E-state index contributed by atoms with van der Waals surface area (Å²) in [5.41, 5.74) is 2.98. The van der Waals surface area contributed by atoms with Gasteiger partial charge in [-0.2, -0.15) is 0 Å². The molecule has 0 spiro atoms. The normalized spacial score (nSPS) is 11.6. The molecule has 0 atom stereocenters. The fourth-order valence-electron chi connectivity index (χ4n) is 2.24. The van der Waals surface area contributed by atoms with E-state index in [-0.39, 0.29) is 29.6 Å². The highest BCUT2D eigenvalue weighted by Crippen LogP contribution is 2.18. The van der Waals surface area contributed by atoms with E-state index >= 15 is 0 Å². The molecule has 2 rings (SSSR count). The first-order chi connectivity index (χ1) is 12.0. The van der Waals surface area contributed by atoms with E-state index < -0.39 is 0 Å². The zero-order valence-electron chi connectivity index (χ0n) is 16.0. The Morgan fingerprint density at radius 3 is 2.62 bits per heavy atom. The van der Waals surface area contributed by atoms with Crippen molar-refractivity contribution in [3.8, 4) is 11.3 Å². The zero-order chi connectivity index (χ0) is 18.1. The number of nitrogens with zero attached hydrogens (tertiary/aromatic N) is 2. The number of guanidine groups is 1. The molecule has 2 N–H and O–H groups in total. The van der Waals surface area contributed by atoms with E-state index in [1.807, 2.05) is 44.3 Å². The molecule has 0 saturated carbocycles. The number of rotatable bonds is 7. The van der Waals surface area contributed by atoms with Crippen LogP contribution in [0.5, 0.6) is 0 Å². The molecular formula is C20H29IN4O. The van der Waals surface area contributed by atoms with Crippen LogP contribution in [0.1, 0.15) is 26.3 Å². The monoisotopic (exact) mass is 468 g/mol. The SMILES string of the molecule is CCNC(=NCc1cccc(-c2ccccn2)c1)NCC(C)(C)OC.I. The van der Waals surface area contributed by atoms with E-state index in [4.69, 9.17) is 4.74 Å². The van der Waals surface area contributed by atoms with Crippen LogP contribution in [0, 0.1) is 0 Å². The summed E-state index contributed by atoms with van der Waals surface area (Å²) in [7, 11) is 1.72. The van der Waals surface area contributed by atoms with Gasteiger partial charge < -0.3 is 15.4 Å². The molecule has 6 heteroatoms. The fourth-order valence-corrected chi connectivity index (χ4v) is 2.24. The Morgan fingerprint density at radius 2 is 1.96 bits per heavy atom. The van der Waals surface area contributed by atoms with E-state index in [1.54, 1.807) is 7.11 Å². The van der Waals surface area contributed by atoms with Gasteiger partial charge in [0.25, 0.3) is 0 Å². The molecule has 0 bridgehead atoms. The molecule has 0 fully saturated rings. The number of aromatic nitrogens is 1. The number of ether oxygens (including phenoxy) is 1. The van der Waals surface area contributed by atoms with E-state index in [9.17, 15) is 0 Å². The van der Waals surface area contributed by atoms with Crippen molar-refractivity contribution >= 4 is 29.9 Å². The number of aliphatic imine (C=N–C) groups is 1. The summed E-state index contributed by atoms with van der Waals surface area (Å²) in [6, 6.07) is 14.3. The topological polar surface area (TPSA) is 58.5 Å². The van der Waals surface area contributed by atoms with Gasteiger partial charge in [-0.1, -0.05) is 24.3 Å². The molecule has 0 amide bonds. The lowest BCUT2D eigenvalue weighted by atomic mass is 10.1. The van der Waals surface area contributed by atoms with Crippen LogP contribution < -0.4 is 10.6 Å². The van der Waals surface area contributed by atoms with Gasteiger partial charge in [-0.05, 0) is 44.5 Å². The Labute approximate surface area is 173 Å². The molecule has 1 heterocycles. The van der Waals surface area contributed by atoms with Crippen LogP contribution in [0.4, 0.5) is 0 Å². The molecule has 0 aliphatic rings. The lowest BCUT2D eigenvalue weighted by Gasteiger charge is -2.24. The summed E-state index contributed by atoms with van der Waals surface area (Å²) in [5.74, 6) is 0.788. The van der Waals surface area contributed by atoms with Crippen molar-refractivity contribution < 1.29 is 4.74 Å². The van der Waals surface area contributed by atoms with Crippen LogP contribution in [0.3, 0.4) is 0 Å². The molecule has 0 aliphatic heterocycles. The molecule has 142 valence electrons. The maximum atomic E-state index is 5.44. The second-order valence-corrected chi connectivity index (χ2v) is 6.43. The molecule has 5 nitrogen and oxygen atoms in total. The second kappa shape index (κ2) is 11.1. The molecule has 0 aliphatic carbocycles. The van der Waals surface area contributed by atoms with Crippen LogP contribution in [-0.4, -0.2) is 36.7 Å². The third-order valence-electron chi connectivity index (χ3n) is 3.89. The van der Waals surface area contributed by atoms with Gasteiger partial charge in [0.2, 0.25) is 0 Å². The lowest BCUT2D eigenvalue weighted by Crippen LogP contribution is -2.45. The first kappa shape index (κ1) is 22.4. The minimum absolute atomic E-state index is 0. The van der Waals surface area contributed by atoms with Crippen molar-refractivity contribution in [2.45, 2.75) is 32.9 Å². The summed E-state index contributed by atoms with van der Waals surface area (Å²) in [6.45, 7) is 8.24. The van der Waals surface area contributed by atoms with E-state index in [0.29, 0.717) is 13.1 Å². The molecule has 2 aromatic rings. The average Bonchev–Trinajstić information content (AvgIpc) is 2.65. The Kier molecular flexibility index (Phi) is 9.58. The van der Waals surface area contributed by atoms with Gasteiger partial charge in [-0.3, -0.25) is 4.98 Å². The number of pyridine rings is 1. The van der Waals surface area contributed by atoms with Gasteiger partial charge in [0.15, 0.2) is 5.96 Å².